The van der Waals surface area contributed by atoms with Crippen molar-refractivity contribution in [2.75, 3.05) is 0 Å². The third-order valence-electron chi connectivity index (χ3n) is 9.20. The van der Waals surface area contributed by atoms with Crippen LogP contribution in [0.4, 0.5) is 0 Å². The first-order valence-corrected chi connectivity index (χ1v) is 10.5. The molecule has 0 saturated heterocycles. The van der Waals surface area contributed by atoms with Gasteiger partial charge in [-0.15, -0.1) is 6.58 Å². The van der Waals surface area contributed by atoms with Gasteiger partial charge in [0.25, 0.3) is 0 Å². The van der Waals surface area contributed by atoms with Crippen molar-refractivity contribution in [1.29, 1.82) is 0 Å². The van der Waals surface area contributed by atoms with Gasteiger partial charge in [0.1, 0.15) is 0 Å². The summed E-state index contributed by atoms with van der Waals surface area (Å²) >= 11 is 0. The Morgan fingerprint density at radius 3 is 2.64 bits per heavy atom. The number of aliphatic hydroxyl groups excluding tert-OH is 1. The maximum Gasteiger partial charge on any atom is 0.0830 e. The van der Waals surface area contributed by atoms with E-state index in [1.165, 1.54) is 25.7 Å². The summed E-state index contributed by atoms with van der Waals surface area (Å²) in [7, 11) is 0. The van der Waals surface area contributed by atoms with Crippen molar-refractivity contribution in [3.63, 3.8) is 0 Å². The standard InChI is InChI=1S/C23H36O2/c1-5-23(4,25)20-9-8-18-17-7-6-15-14-16(24)10-12-21(15,2)19(17)11-13-22(18,20)3/h5-6,16-20,24-25H,1,7-14H2,2-4H3/t16?,17-,18-,19-,20-,21-,22-,23-/m0/s1. The Balaban J connectivity index is 1.65. The van der Waals surface area contributed by atoms with Gasteiger partial charge in [0, 0.05) is 0 Å². The highest BCUT2D eigenvalue weighted by atomic mass is 16.3. The Morgan fingerprint density at radius 2 is 1.92 bits per heavy atom. The summed E-state index contributed by atoms with van der Waals surface area (Å²) in [4.78, 5) is 0. The van der Waals surface area contributed by atoms with Gasteiger partial charge in [-0.3, -0.25) is 0 Å². The highest BCUT2D eigenvalue weighted by molar-refractivity contribution is 5.26. The van der Waals surface area contributed by atoms with Crippen LogP contribution >= 0.6 is 0 Å². The molecule has 0 aliphatic heterocycles. The smallest absolute Gasteiger partial charge is 0.0830 e. The highest BCUT2D eigenvalue weighted by Crippen LogP contribution is 2.67. The third kappa shape index (κ3) is 2.43. The molecule has 0 spiro atoms. The fraction of sp³-hybridized carbons (Fsp3) is 0.826. The maximum absolute atomic E-state index is 10.9. The molecule has 0 bridgehead atoms. The Hall–Kier alpha value is -0.600. The largest absolute Gasteiger partial charge is 0.393 e. The molecule has 8 atom stereocenters. The van der Waals surface area contributed by atoms with Crippen LogP contribution in [0, 0.1) is 34.5 Å². The van der Waals surface area contributed by atoms with E-state index in [1.807, 2.05) is 6.92 Å². The minimum Gasteiger partial charge on any atom is -0.393 e. The molecule has 0 aromatic rings. The van der Waals surface area contributed by atoms with Crippen molar-refractivity contribution >= 4 is 0 Å². The number of fused-ring (bicyclic) bond motifs is 5. The van der Waals surface area contributed by atoms with E-state index in [0.717, 1.165) is 43.4 Å². The van der Waals surface area contributed by atoms with Crippen molar-refractivity contribution in [2.45, 2.75) is 83.8 Å². The van der Waals surface area contributed by atoms with Crippen LogP contribution in [0.5, 0.6) is 0 Å². The van der Waals surface area contributed by atoms with Gasteiger partial charge in [0.05, 0.1) is 11.7 Å². The van der Waals surface area contributed by atoms with Gasteiger partial charge in [-0.05, 0) is 92.8 Å². The molecule has 0 aromatic carbocycles. The number of rotatable bonds is 2. The van der Waals surface area contributed by atoms with Gasteiger partial charge in [-0.25, -0.2) is 0 Å². The first kappa shape index (κ1) is 17.8. The highest BCUT2D eigenvalue weighted by Gasteiger charge is 2.60. The van der Waals surface area contributed by atoms with Crippen molar-refractivity contribution in [1.82, 2.24) is 0 Å². The number of hydrogen-bond acceptors (Lipinski definition) is 2. The Bertz CT molecular complexity index is 591. The van der Waals surface area contributed by atoms with Crippen LogP contribution in [0.3, 0.4) is 0 Å². The minimum atomic E-state index is -0.745. The zero-order valence-corrected chi connectivity index (χ0v) is 16.3. The lowest BCUT2D eigenvalue weighted by Crippen LogP contribution is -2.52. The summed E-state index contributed by atoms with van der Waals surface area (Å²) in [5.74, 6) is 2.60. The molecule has 4 rings (SSSR count). The van der Waals surface area contributed by atoms with E-state index in [0.29, 0.717) is 11.3 Å². The van der Waals surface area contributed by atoms with E-state index in [1.54, 1.807) is 11.6 Å². The lowest BCUT2D eigenvalue weighted by Gasteiger charge is -2.58. The number of hydrogen-bond donors (Lipinski definition) is 2. The normalized spacial score (nSPS) is 51.6. The quantitative estimate of drug-likeness (QED) is 0.702. The van der Waals surface area contributed by atoms with Crippen LogP contribution in [-0.4, -0.2) is 21.9 Å². The van der Waals surface area contributed by atoms with Crippen LogP contribution in [0.1, 0.15) is 72.1 Å². The average molecular weight is 345 g/mol. The van der Waals surface area contributed by atoms with Crippen molar-refractivity contribution < 1.29 is 10.2 Å². The summed E-state index contributed by atoms with van der Waals surface area (Å²) in [6, 6.07) is 0. The van der Waals surface area contributed by atoms with Gasteiger partial charge in [0.2, 0.25) is 0 Å². The second kappa shape index (κ2) is 5.70. The van der Waals surface area contributed by atoms with Gasteiger partial charge in [0.15, 0.2) is 0 Å². The molecule has 140 valence electrons. The second-order valence-corrected chi connectivity index (χ2v) is 10.3. The van der Waals surface area contributed by atoms with Crippen LogP contribution in [0.2, 0.25) is 0 Å². The average Bonchev–Trinajstić information content (AvgIpc) is 2.93. The Kier molecular flexibility index (Phi) is 4.05. The number of aliphatic hydroxyl groups is 2. The topological polar surface area (TPSA) is 40.5 Å². The first-order valence-electron chi connectivity index (χ1n) is 10.5. The van der Waals surface area contributed by atoms with Crippen molar-refractivity contribution in [2.24, 2.45) is 34.5 Å². The van der Waals surface area contributed by atoms with Gasteiger partial charge >= 0.3 is 0 Å². The molecule has 2 nitrogen and oxygen atoms in total. The van der Waals surface area contributed by atoms with Crippen LogP contribution in [-0.2, 0) is 0 Å². The lowest BCUT2D eigenvalue weighted by atomic mass is 9.47. The second-order valence-electron chi connectivity index (χ2n) is 10.3. The van der Waals surface area contributed by atoms with Crippen LogP contribution in [0.25, 0.3) is 0 Å². The minimum absolute atomic E-state index is 0.122. The summed E-state index contributed by atoms with van der Waals surface area (Å²) in [5, 5.41) is 21.1. The van der Waals surface area contributed by atoms with E-state index < -0.39 is 5.60 Å². The molecule has 3 fully saturated rings. The van der Waals surface area contributed by atoms with Gasteiger partial charge < -0.3 is 10.2 Å². The number of allylic oxidation sites excluding steroid dienone is 1. The molecular formula is C23H36O2. The molecule has 2 heteroatoms. The lowest BCUT2D eigenvalue weighted by molar-refractivity contribution is -0.0852. The fourth-order valence-electron chi connectivity index (χ4n) is 7.74. The molecular weight excluding hydrogens is 308 g/mol. The van der Waals surface area contributed by atoms with Crippen molar-refractivity contribution in [3.8, 4) is 0 Å². The SMILES string of the molecule is C=C[C@](C)(O)[C@H]1CC[C@H]2[C@@H]3CC=C4CC(O)CC[C@]4(C)[C@H]3CC[C@@]21C. The van der Waals surface area contributed by atoms with Crippen molar-refractivity contribution in [3.05, 3.63) is 24.3 Å². The van der Waals surface area contributed by atoms with Gasteiger partial charge in [-0.2, -0.15) is 0 Å². The molecule has 0 heterocycles. The fourth-order valence-corrected chi connectivity index (χ4v) is 7.74. The first-order chi connectivity index (χ1) is 11.7. The van der Waals surface area contributed by atoms with E-state index in [-0.39, 0.29) is 11.5 Å². The van der Waals surface area contributed by atoms with E-state index in [4.69, 9.17) is 0 Å². The van der Waals surface area contributed by atoms with E-state index >= 15 is 0 Å². The summed E-state index contributed by atoms with van der Waals surface area (Å²) in [5.41, 5.74) is 1.35. The summed E-state index contributed by atoms with van der Waals surface area (Å²) in [6.07, 6.45) is 13.3. The Morgan fingerprint density at radius 1 is 1.16 bits per heavy atom. The third-order valence-corrected chi connectivity index (χ3v) is 9.20. The van der Waals surface area contributed by atoms with E-state index in [2.05, 4.69) is 26.5 Å². The summed E-state index contributed by atoms with van der Waals surface area (Å²) < 4.78 is 0. The molecule has 1 unspecified atom stereocenters. The molecule has 4 aliphatic rings. The molecule has 3 saturated carbocycles. The maximum atomic E-state index is 10.9. The molecule has 25 heavy (non-hydrogen) atoms. The van der Waals surface area contributed by atoms with Crippen LogP contribution in [0.15, 0.2) is 24.3 Å². The molecule has 0 radical (unpaired) electrons. The zero-order chi connectivity index (χ0) is 18.0. The van der Waals surface area contributed by atoms with E-state index in [9.17, 15) is 10.2 Å². The van der Waals surface area contributed by atoms with Gasteiger partial charge in [-0.1, -0.05) is 31.6 Å². The zero-order valence-electron chi connectivity index (χ0n) is 16.3. The Labute approximate surface area is 153 Å². The summed E-state index contributed by atoms with van der Waals surface area (Å²) in [6.45, 7) is 10.8. The molecule has 4 aliphatic carbocycles. The molecule has 0 aromatic heterocycles. The molecule has 2 N–H and O–H groups in total. The van der Waals surface area contributed by atoms with Crippen LogP contribution < -0.4 is 0 Å². The predicted octanol–water partition coefficient (Wildman–Crippen LogP) is 4.86. The predicted molar refractivity (Wildman–Crippen MR) is 102 cm³/mol. The molecule has 0 amide bonds. The monoisotopic (exact) mass is 344 g/mol.